The van der Waals surface area contributed by atoms with E-state index in [1.807, 2.05) is 69.5 Å². The number of carbonyl (C=O) groups excluding carboxylic acids is 2. The largest absolute Gasteiger partial charge is 0.355 e. The number of benzene rings is 3. The molecule has 7 nitrogen and oxygen atoms in total. The number of likely N-dealkylation sites (N-methyl/N-ethyl adjacent to an activating group) is 1. The Morgan fingerprint density at radius 2 is 1.55 bits per heavy atom. The molecular weight excluding hydrogens is 518 g/mol. The molecule has 0 aromatic heterocycles. The van der Waals surface area contributed by atoms with Gasteiger partial charge in [-0.25, -0.2) is 8.42 Å². The van der Waals surface area contributed by atoms with E-state index in [9.17, 15) is 18.0 Å². The van der Waals surface area contributed by atoms with Crippen molar-refractivity contribution >= 4 is 39.3 Å². The molecule has 0 fully saturated rings. The number of amides is 2. The van der Waals surface area contributed by atoms with E-state index in [1.54, 1.807) is 36.4 Å². The first-order valence-electron chi connectivity index (χ1n) is 12.6. The van der Waals surface area contributed by atoms with Crippen LogP contribution < -0.4 is 9.62 Å². The summed E-state index contributed by atoms with van der Waals surface area (Å²) in [6.07, 6.45) is 2.30. The average molecular weight is 554 g/mol. The Kier molecular flexibility index (Phi) is 10.4. The fraction of sp³-hybridized carbons (Fsp3) is 0.310. The van der Waals surface area contributed by atoms with Crippen molar-refractivity contribution in [2.75, 3.05) is 23.7 Å². The number of anilines is 1. The second-order valence-electron chi connectivity index (χ2n) is 8.85. The van der Waals surface area contributed by atoms with Crippen molar-refractivity contribution in [2.24, 2.45) is 0 Å². The third kappa shape index (κ3) is 7.17. The minimum Gasteiger partial charge on any atom is -0.355 e. The van der Waals surface area contributed by atoms with E-state index >= 15 is 0 Å². The van der Waals surface area contributed by atoms with Crippen molar-refractivity contribution in [1.82, 2.24) is 10.2 Å². The highest BCUT2D eigenvalue weighted by molar-refractivity contribution is 7.98. The van der Waals surface area contributed by atoms with Gasteiger partial charge in [0, 0.05) is 18.0 Å². The summed E-state index contributed by atoms with van der Waals surface area (Å²) in [6, 6.07) is 22.2. The SMILES string of the molecule is CCNC(=O)C(CC)N(Cc1ccccc1)C(=O)CN(c1ccc(C)cc1)S(=O)(=O)c1ccc(SC)cc1. The van der Waals surface area contributed by atoms with Gasteiger partial charge in [0.05, 0.1) is 10.6 Å². The van der Waals surface area contributed by atoms with Gasteiger partial charge in [-0.2, -0.15) is 0 Å². The van der Waals surface area contributed by atoms with E-state index in [4.69, 9.17) is 0 Å². The lowest BCUT2D eigenvalue weighted by molar-refractivity contribution is -0.140. The Labute approximate surface area is 230 Å². The smallest absolute Gasteiger partial charge is 0.264 e. The van der Waals surface area contributed by atoms with E-state index in [1.165, 1.54) is 16.7 Å². The molecule has 1 N–H and O–H groups in total. The summed E-state index contributed by atoms with van der Waals surface area (Å²) in [5, 5.41) is 2.81. The summed E-state index contributed by atoms with van der Waals surface area (Å²) >= 11 is 1.52. The first-order valence-corrected chi connectivity index (χ1v) is 15.2. The molecule has 0 bridgehead atoms. The zero-order chi connectivity index (χ0) is 27.7. The lowest BCUT2D eigenvalue weighted by atomic mass is 10.1. The highest BCUT2D eigenvalue weighted by Crippen LogP contribution is 2.26. The molecule has 38 heavy (non-hydrogen) atoms. The first-order chi connectivity index (χ1) is 18.2. The van der Waals surface area contributed by atoms with Gasteiger partial charge < -0.3 is 10.2 Å². The number of hydrogen-bond donors (Lipinski definition) is 1. The van der Waals surface area contributed by atoms with Gasteiger partial charge in [0.1, 0.15) is 12.6 Å². The van der Waals surface area contributed by atoms with Gasteiger partial charge in [-0.1, -0.05) is 55.0 Å². The van der Waals surface area contributed by atoms with Crippen LogP contribution in [0.5, 0.6) is 0 Å². The Balaban J connectivity index is 2.04. The van der Waals surface area contributed by atoms with E-state index in [0.717, 1.165) is 20.3 Å². The molecule has 1 unspecified atom stereocenters. The predicted molar refractivity (Wildman–Crippen MR) is 154 cm³/mol. The number of hydrogen-bond acceptors (Lipinski definition) is 5. The topological polar surface area (TPSA) is 86.8 Å². The molecule has 0 saturated heterocycles. The number of rotatable bonds is 12. The number of carbonyl (C=O) groups is 2. The first kappa shape index (κ1) is 29.3. The molecule has 0 spiro atoms. The summed E-state index contributed by atoms with van der Waals surface area (Å²) < 4.78 is 28.9. The molecule has 0 aliphatic heterocycles. The standard InChI is InChI=1S/C29H35N3O4S2/c1-5-27(29(34)30-6-2)31(20-23-10-8-7-9-11-23)28(33)21-32(24-14-12-22(3)13-15-24)38(35,36)26-18-16-25(37-4)17-19-26/h7-19,27H,5-6,20-21H2,1-4H3,(H,30,34). The van der Waals surface area contributed by atoms with Gasteiger partial charge in [0.2, 0.25) is 11.8 Å². The molecule has 2 amide bonds. The summed E-state index contributed by atoms with van der Waals surface area (Å²) in [6.45, 7) is 5.74. The molecule has 9 heteroatoms. The number of nitrogens with one attached hydrogen (secondary N) is 1. The zero-order valence-corrected chi connectivity index (χ0v) is 23.9. The van der Waals surface area contributed by atoms with Crippen LogP contribution in [0.2, 0.25) is 0 Å². The molecule has 3 aromatic rings. The lowest BCUT2D eigenvalue weighted by Gasteiger charge is -2.33. The summed E-state index contributed by atoms with van der Waals surface area (Å²) in [7, 11) is -4.08. The van der Waals surface area contributed by atoms with Crippen LogP contribution in [-0.2, 0) is 26.2 Å². The van der Waals surface area contributed by atoms with Crippen LogP contribution in [0.15, 0.2) is 88.7 Å². The zero-order valence-electron chi connectivity index (χ0n) is 22.3. The minimum absolute atomic E-state index is 0.0917. The Bertz CT molecular complexity index is 1310. The Hall–Kier alpha value is -3.30. The van der Waals surface area contributed by atoms with Crippen LogP contribution in [0.1, 0.15) is 31.4 Å². The third-order valence-corrected chi connectivity index (χ3v) is 8.71. The van der Waals surface area contributed by atoms with Crippen molar-refractivity contribution in [3.8, 4) is 0 Å². The van der Waals surface area contributed by atoms with E-state index in [-0.39, 0.29) is 17.3 Å². The maximum Gasteiger partial charge on any atom is 0.264 e. The van der Waals surface area contributed by atoms with Crippen molar-refractivity contribution in [3.05, 3.63) is 90.0 Å². The van der Waals surface area contributed by atoms with Crippen LogP contribution in [0.3, 0.4) is 0 Å². The van der Waals surface area contributed by atoms with Gasteiger partial charge in [0.15, 0.2) is 0 Å². The monoisotopic (exact) mass is 553 g/mol. The lowest BCUT2D eigenvalue weighted by Crippen LogP contribution is -2.52. The van der Waals surface area contributed by atoms with Gasteiger partial charge in [-0.15, -0.1) is 11.8 Å². The second kappa shape index (κ2) is 13.5. The van der Waals surface area contributed by atoms with Crippen LogP contribution in [0.4, 0.5) is 5.69 Å². The summed E-state index contributed by atoms with van der Waals surface area (Å²) in [5.74, 6) is -0.728. The summed E-state index contributed by atoms with van der Waals surface area (Å²) in [5.41, 5.74) is 2.19. The molecule has 0 saturated carbocycles. The van der Waals surface area contributed by atoms with E-state index in [2.05, 4.69) is 5.32 Å². The van der Waals surface area contributed by atoms with Crippen LogP contribution in [-0.4, -0.2) is 50.5 Å². The van der Waals surface area contributed by atoms with Gasteiger partial charge in [-0.3, -0.25) is 13.9 Å². The molecule has 1 atom stereocenters. The number of thioether (sulfide) groups is 1. The number of nitrogens with zero attached hydrogens (tertiary/aromatic N) is 2. The number of aryl methyl sites for hydroxylation is 1. The predicted octanol–water partition coefficient (Wildman–Crippen LogP) is 4.86. The molecule has 0 heterocycles. The second-order valence-corrected chi connectivity index (χ2v) is 11.6. The quantitative estimate of drug-likeness (QED) is 0.324. The van der Waals surface area contributed by atoms with Crippen molar-refractivity contribution in [1.29, 1.82) is 0 Å². The Morgan fingerprint density at radius 3 is 2.11 bits per heavy atom. The normalized spacial score (nSPS) is 12.0. The molecule has 0 aliphatic carbocycles. The van der Waals surface area contributed by atoms with Gasteiger partial charge in [-0.05, 0) is 68.5 Å². The number of sulfonamides is 1. The van der Waals surface area contributed by atoms with Crippen molar-refractivity contribution in [2.45, 2.75) is 49.6 Å². The van der Waals surface area contributed by atoms with Crippen molar-refractivity contribution in [3.63, 3.8) is 0 Å². The summed E-state index contributed by atoms with van der Waals surface area (Å²) in [4.78, 5) is 29.4. The highest BCUT2D eigenvalue weighted by atomic mass is 32.2. The van der Waals surface area contributed by atoms with Crippen molar-refractivity contribution < 1.29 is 18.0 Å². The molecule has 0 radical (unpaired) electrons. The van der Waals surface area contributed by atoms with Gasteiger partial charge >= 0.3 is 0 Å². The van der Waals surface area contributed by atoms with E-state index < -0.39 is 28.5 Å². The van der Waals surface area contributed by atoms with Gasteiger partial charge in [0.25, 0.3) is 10.0 Å². The van der Waals surface area contributed by atoms with Crippen LogP contribution in [0.25, 0.3) is 0 Å². The fourth-order valence-corrected chi connectivity index (χ4v) is 5.93. The Morgan fingerprint density at radius 1 is 0.921 bits per heavy atom. The third-order valence-electron chi connectivity index (χ3n) is 6.18. The molecular formula is C29H35N3O4S2. The van der Waals surface area contributed by atoms with E-state index in [0.29, 0.717) is 18.7 Å². The maximum absolute atomic E-state index is 13.9. The molecule has 3 rings (SSSR count). The maximum atomic E-state index is 13.9. The van der Waals surface area contributed by atoms with Crippen LogP contribution >= 0.6 is 11.8 Å². The fourth-order valence-electron chi connectivity index (χ4n) is 4.11. The molecule has 3 aromatic carbocycles. The highest BCUT2D eigenvalue weighted by Gasteiger charge is 2.33. The minimum atomic E-state index is -4.08. The molecule has 0 aliphatic rings. The molecule has 202 valence electrons. The average Bonchev–Trinajstić information content (AvgIpc) is 2.92. The van der Waals surface area contributed by atoms with Crippen LogP contribution in [0, 0.1) is 6.92 Å².